The zero-order chi connectivity index (χ0) is 13.8. The van der Waals surface area contributed by atoms with Crippen LogP contribution < -0.4 is 10.2 Å². The number of aryl methyl sites for hydroxylation is 1. The van der Waals surface area contributed by atoms with Crippen LogP contribution in [0.5, 0.6) is 0 Å². The molecule has 2 rings (SSSR count). The number of hydrogen-bond acceptors (Lipinski definition) is 4. The molecule has 1 atom stereocenters. The summed E-state index contributed by atoms with van der Waals surface area (Å²) in [4.78, 5) is 6.88. The Labute approximate surface area is 116 Å². The second-order valence-electron chi connectivity index (χ2n) is 5.65. The van der Waals surface area contributed by atoms with Gasteiger partial charge in [-0.15, -0.1) is 0 Å². The van der Waals surface area contributed by atoms with Gasteiger partial charge in [-0.2, -0.15) is 0 Å². The van der Waals surface area contributed by atoms with Crippen molar-refractivity contribution in [3.63, 3.8) is 0 Å². The molecular weight excluding hydrogens is 238 g/mol. The van der Waals surface area contributed by atoms with Crippen LogP contribution in [-0.4, -0.2) is 37.3 Å². The number of anilines is 1. The Bertz CT molecular complexity index is 414. The zero-order valence-corrected chi connectivity index (χ0v) is 12.4. The van der Waals surface area contributed by atoms with Gasteiger partial charge in [-0.05, 0) is 30.5 Å². The van der Waals surface area contributed by atoms with Crippen molar-refractivity contribution in [2.45, 2.75) is 45.8 Å². The third-order valence-corrected chi connectivity index (χ3v) is 3.61. The van der Waals surface area contributed by atoms with E-state index in [1.54, 1.807) is 0 Å². The molecule has 0 aliphatic carbocycles. The van der Waals surface area contributed by atoms with Gasteiger partial charge in [0, 0.05) is 32.4 Å². The minimum Gasteiger partial charge on any atom is -0.379 e. The van der Waals surface area contributed by atoms with E-state index in [4.69, 9.17) is 4.74 Å². The molecule has 19 heavy (non-hydrogen) atoms. The smallest absolute Gasteiger partial charge is 0.131 e. The maximum atomic E-state index is 5.45. The molecule has 0 spiro atoms. The van der Waals surface area contributed by atoms with Crippen LogP contribution in [0.15, 0.2) is 12.3 Å². The fourth-order valence-electron chi connectivity index (χ4n) is 2.41. The first-order valence-corrected chi connectivity index (χ1v) is 7.07. The van der Waals surface area contributed by atoms with Crippen LogP contribution in [0.1, 0.15) is 31.4 Å². The summed E-state index contributed by atoms with van der Waals surface area (Å²) in [5, 5.41) is 3.42. The van der Waals surface area contributed by atoms with E-state index in [0.29, 0.717) is 12.1 Å². The first kappa shape index (κ1) is 14.3. The Kier molecular flexibility index (Phi) is 4.77. The quantitative estimate of drug-likeness (QED) is 0.883. The summed E-state index contributed by atoms with van der Waals surface area (Å²) in [6.07, 6.45) is 3.07. The van der Waals surface area contributed by atoms with E-state index >= 15 is 0 Å². The molecule has 1 fully saturated rings. The highest BCUT2D eigenvalue weighted by Gasteiger charge is 2.22. The molecule has 0 aromatic carbocycles. The largest absolute Gasteiger partial charge is 0.379 e. The number of pyridine rings is 1. The Morgan fingerprint density at radius 1 is 1.53 bits per heavy atom. The second-order valence-corrected chi connectivity index (χ2v) is 5.65. The molecule has 1 aliphatic heterocycles. The van der Waals surface area contributed by atoms with Crippen molar-refractivity contribution in [1.82, 2.24) is 10.3 Å². The highest BCUT2D eigenvalue weighted by molar-refractivity contribution is 5.47. The summed E-state index contributed by atoms with van der Waals surface area (Å²) in [5.41, 5.74) is 2.48. The molecule has 0 amide bonds. The van der Waals surface area contributed by atoms with E-state index in [0.717, 1.165) is 32.0 Å². The average Bonchev–Trinajstić information content (AvgIpc) is 2.89. The molecule has 1 aliphatic rings. The van der Waals surface area contributed by atoms with Gasteiger partial charge in [0.05, 0.1) is 12.6 Å². The Morgan fingerprint density at radius 2 is 2.32 bits per heavy atom. The van der Waals surface area contributed by atoms with Gasteiger partial charge in [-0.1, -0.05) is 13.8 Å². The van der Waals surface area contributed by atoms with Crippen LogP contribution in [0.3, 0.4) is 0 Å². The molecular formula is C15H25N3O. The van der Waals surface area contributed by atoms with Gasteiger partial charge in [0.2, 0.25) is 0 Å². The standard InChI is InChI=1S/C15H25N3O/c1-11(2)16-8-13-7-12(3)15(17-9-13)18(4)14-5-6-19-10-14/h7,9,11,14,16H,5-6,8,10H2,1-4H3. The molecule has 4 nitrogen and oxygen atoms in total. The molecule has 1 saturated heterocycles. The molecule has 1 aromatic rings. The molecule has 1 N–H and O–H groups in total. The van der Waals surface area contributed by atoms with Crippen LogP contribution in [0.25, 0.3) is 0 Å². The Hall–Kier alpha value is -1.13. The highest BCUT2D eigenvalue weighted by Crippen LogP contribution is 2.22. The van der Waals surface area contributed by atoms with Gasteiger partial charge >= 0.3 is 0 Å². The average molecular weight is 263 g/mol. The highest BCUT2D eigenvalue weighted by atomic mass is 16.5. The molecule has 0 saturated carbocycles. The van der Waals surface area contributed by atoms with Crippen molar-refractivity contribution in [2.75, 3.05) is 25.2 Å². The summed E-state index contributed by atoms with van der Waals surface area (Å²) in [6, 6.07) is 3.19. The first-order chi connectivity index (χ1) is 9.08. The van der Waals surface area contributed by atoms with Crippen molar-refractivity contribution >= 4 is 5.82 Å². The maximum Gasteiger partial charge on any atom is 0.131 e. The summed E-state index contributed by atoms with van der Waals surface area (Å²) in [7, 11) is 2.11. The molecule has 1 unspecified atom stereocenters. The summed E-state index contributed by atoms with van der Waals surface area (Å²) >= 11 is 0. The number of hydrogen-bond donors (Lipinski definition) is 1. The van der Waals surface area contributed by atoms with Gasteiger partial charge in [0.25, 0.3) is 0 Å². The minimum atomic E-state index is 0.464. The van der Waals surface area contributed by atoms with Crippen molar-refractivity contribution in [3.8, 4) is 0 Å². The monoisotopic (exact) mass is 263 g/mol. The first-order valence-electron chi connectivity index (χ1n) is 7.07. The van der Waals surface area contributed by atoms with Crippen molar-refractivity contribution in [3.05, 3.63) is 23.4 Å². The topological polar surface area (TPSA) is 37.4 Å². The van der Waals surface area contributed by atoms with Crippen molar-refractivity contribution < 1.29 is 4.74 Å². The predicted octanol–water partition coefficient (Wildman–Crippen LogP) is 2.11. The van der Waals surface area contributed by atoms with Crippen LogP contribution in [0.2, 0.25) is 0 Å². The van der Waals surface area contributed by atoms with Gasteiger partial charge in [-0.25, -0.2) is 4.98 Å². The second kappa shape index (κ2) is 6.35. The van der Waals surface area contributed by atoms with Gasteiger partial charge in [0.15, 0.2) is 0 Å². The number of aromatic nitrogens is 1. The van der Waals surface area contributed by atoms with Gasteiger partial charge in [0.1, 0.15) is 5.82 Å². The lowest BCUT2D eigenvalue weighted by molar-refractivity contribution is 0.193. The van der Waals surface area contributed by atoms with E-state index in [1.807, 2.05) is 6.20 Å². The molecule has 0 radical (unpaired) electrons. The van der Waals surface area contributed by atoms with Crippen LogP contribution in [0, 0.1) is 6.92 Å². The SMILES string of the molecule is Cc1cc(CNC(C)C)cnc1N(C)C1CCOC1. The zero-order valence-electron chi connectivity index (χ0n) is 12.4. The fourth-order valence-corrected chi connectivity index (χ4v) is 2.41. The number of nitrogens with one attached hydrogen (secondary N) is 1. The van der Waals surface area contributed by atoms with Crippen LogP contribution >= 0.6 is 0 Å². The lowest BCUT2D eigenvalue weighted by Crippen LogP contribution is -2.33. The normalized spacial score (nSPS) is 19.1. The lowest BCUT2D eigenvalue weighted by atomic mass is 10.1. The molecule has 1 aromatic heterocycles. The summed E-state index contributed by atoms with van der Waals surface area (Å²) < 4.78 is 5.45. The number of nitrogens with zero attached hydrogens (tertiary/aromatic N) is 2. The van der Waals surface area contributed by atoms with Crippen molar-refractivity contribution in [1.29, 1.82) is 0 Å². The lowest BCUT2D eigenvalue weighted by Gasteiger charge is -2.26. The third kappa shape index (κ3) is 3.67. The van der Waals surface area contributed by atoms with E-state index in [9.17, 15) is 0 Å². The van der Waals surface area contributed by atoms with E-state index in [1.165, 1.54) is 11.1 Å². The van der Waals surface area contributed by atoms with Crippen LogP contribution in [0.4, 0.5) is 5.82 Å². The number of ether oxygens (including phenoxy) is 1. The molecule has 4 heteroatoms. The predicted molar refractivity (Wildman–Crippen MR) is 78.6 cm³/mol. The third-order valence-electron chi connectivity index (χ3n) is 3.61. The van der Waals surface area contributed by atoms with Crippen molar-refractivity contribution in [2.24, 2.45) is 0 Å². The fraction of sp³-hybridized carbons (Fsp3) is 0.667. The molecule has 2 heterocycles. The minimum absolute atomic E-state index is 0.464. The Balaban J connectivity index is 2.05. The Morgan fingerprint density at radius 3 is 2.89 bits per heavy atom. The van der Waals surface area contributed by atoms with E-state index in [2.05, 4.69) is 49.1 Å². The maximum absolute atomic E-state index is 5.45. The van der Waals surface area contributed by atoms with E-state index in [-0.39, 0.29) is 0 Å². The number of likely N-dealkylation sites (N-methyl/N-ethyl adjacent to an activating group) is 1. The van der Waals surface area contributed by atoms with Gasteiger partial charge < -0.3 is 15.0 Å². The van der Waals surface area contributed by atoms with Gasteiger partial charge in [-0.3, -0.25) is 0 Å². The molecule has 106 valence electrons. The number of rotatable bonds is 5. The van der Waals surface area contributed by atoms with Crippen LogP contribution in [-0.2, 0) is 11.3 Å². The summed E-state index contributed by atoms with van der Waals surface area (Å²) in [5.74, 6) is 1.07. The summed E-state index contributed by atoms with van der Waals surface area (Å²) in [6.45, 7) is 9.00. The van der Waals surface area contributed by atoms with E-state index < -0.39 is 0 Å². The molecule has 0 bridgehead atoms.